The van der Waals surface area contributed by atoms with Crippen molar-refractivity contribution < 1.29 is 77.7 Å². The van der Waals surface area contributed by atoms with Crippen LogP contribution in [0.5, 0.6) is 28.7 Å². The molecule has 4 aliphatic rings. The summed E-state index contributed by atoms with van der Waals surface area (Å²) >= 11 is 23.5. The third-order valence-corrected chi connectivity index (χ3v) is 25.4. The van der Waals surface area contributed by atoms with Crippen molar-refractivity contribution >= 4 is 189 Å². The van der Waals surface area contributed by atoms with Gasteiger partial charge in [0.05, 0.1) is 125 Å². The molecule has 740 valence electrons. The average Bonchev–Trinajstić information content (AvgIpc) is 0.802. The van der Waals surface area contributed by atoms with Crippen molar-refractivity contribution in [1.29, 1.82) is 0 Å². The van der Waals surface area contributed by atoms with Crippen LogP contribution < -0.4 is 69.8 Å². The first-order chi connectivity index (χ1) is 70.5. The maximum atomic E-state index is 9.85. The second kappa shape index (κ2) is 56.7. The van der Waals surface area contributed by atoms with Gasteiger partial charge in [-0.3, -0.25) is 34.6 Å². The molecule has 0 aliphatic carbocycles. The number of benzene rings is 9. The molecule has 0 atom stereocenters. The van der Waals surface area contributed by atoms with Crippen molar-refractivity contribution in [3.63, 3.8) is 0 Å². The van der Waals surface area contributed by atoms with Gasteiger partial charge in [0.2, 0.25) is 29.1 Å². The average molecular weight is 2260 g/mol. The molecular formula is C107H105Br4ClN21NaO10S. The molecule has 145 heavy (non-hydrogen) atoms. The molecule has 0 bridgehead atoms. The van der Waals surface area contributed by atoms with E-state index in [0.717, 1.165) is 250 Å². The summed E-state index contributed by atoms with van der Waals surface area (Å²) in [6.07, 6.45) is 26.5. The molecule has 21 rings (SSSR count). The van der Waals surface area contributed by atoms with Crippen LogP contribution in [0.1, 0.15) is 44.5 Å². The van der Waals surface area contributed by atoms with Crippen LogP contribution in [-0.2, 0) is 77.6 Å². The fraction of sp³-hybridized carbons (Fsp3) is 0.243. The van der Waals surface area contributed by atoms with E-state index in [0.29, 0.717) is 58.3 Å². The maximum absolute atomic E-state index is 9.85. The van der Waals surface area contributed by atoms with Crippen molar-refractivity contribution in [2.45, 2.75) is 46.0 Å². The zero-order chi connectivity index (χ0) is 100. The van der Waals surface area contributed by atoms with E-state index in [1.807, 2.05) is 128 Å². The Balaban J connectivity index is 0.000000142. The van der Waals surface area contributed by atoms with Gasteiger partial charge in [0.15, 0.2) is 0 Å². The number of phenols is 1. The van der Waals surface area contributed by atoms with Crippen molar-refractivity contribution in [2.24, 2.45) is 0 Å². The summed E-state index contributed by atoms with van der Waals surface area (Å²) in [7, 11) is 3.25. The van der Waals surface area contributed by atoms with Gasteiger partial charge in [-0.25, -0.2) is 49.8 Å². The predicted molar refractivity (Wildman–Crippen MR) is 580 cm³/mol. The number of methoxy groups -OCH3 is 2. The molecule has 6 N–H and O–H groups in total. The van der Waals surface area contributed by atoms with Crippen LogP contribution in [0.15, 0.2) is 280 Å². The van der Waals surface area contributed by atoms with E-state index in [1.54, 1.807) is 94.4 Å². The van der Waals surface area contributed by atoms with Crippen LogP contribution in [0.25, 0.3) is 54.5 Å². The molecule has 0 radical (unpaired) electrons. The third-order valence-electron chi connectivity index (χ3n) is 22.7. The summed E-state index contributed by atoms with van der Waals surface area (Å²) in [4.78, 5) is 65.9. The van der Waals surface area contributed by atoms with Crippen molar-refractivity contribution in [1.82, 2.24) is 84.4 Å². The van der Waals surface area contributed by atoms with Crippen LogP contribution in [-0.4, -0.2) is 220 Å². The number of nitrogens with one attached hydrogen (secondary N) is 4. The van der Waals surface area contributed by atoms with Crippen molar-refractivity contribution in [3.8, 4) is 41.1 Å². The summed E-state index contributed by atoms with van der Waals surface area (Å²) in [5, 5.41) is 36.3. The number of halogens is 5. The number of nitrogens with zero attached hydrogens (tertiary/aromatic N) is 17. The summed E-state index contributed by atoms with van der Waals surface area (Å²) in [5.41, 5.74) is 16.1. The Kier molecular flexibility index (Phi) is 42.5. The number of rotatable bonds is 25. The summed E-state index contributed by atoms with van der Waals surface area (Å²) in [6, 6.07) is 63.3. The number of aromatic nitrogens is 13. The molecular weight excluding hydrogens is 2150 g/mol. The van der Waals surface area contributed by atoms with Gasteiger partial charge in [-0.1, -0.05) is 72.7 Å². The Bertz CT molecular complexity index is 7130. The van der Waals surface area contributed by atoms with E-state index in [9.17, 15) is 5.11 Å². The smallest absolute Gasteiger partial charge is 0.796 e. The third kappa shape index (κ3) is 33.3. The predicted octanol–water partition coefficient (Wildman–Crippen LogP) is 17.5. The Morgan fingerprint density at radius 1 is 0.366 bits per heavy atom. The number of terminal acetylenes is 1. The van der Waals surface area contributed by atoms with Gasteiger partial charge in [-0.2, -0.15) is 6.26 Å². The van der Waals surface area contributed by atoms with E-state index >= 15 is 0 Å². The number of morpholine rings is 4. The quantitative estimate of drug-likeness (QED) is 0.0134. The van der Waals surface area contributed by atoms with Crippen LogP contribution in [0.3, 0.4) is 0 Å². The Labute approximate surface area is 907 Å². The zero-order valence-corrected chi connectivity index (χ0v) is 90.1. The normalized spacial score (nSPS) is 13.6. The summed E-state index contributed by atoms with van der Waals surface area (Å²) in [5.74, 6) is 7.80. The number of aliphatic hydroxyl groups is 1. The van der Waals surface area contributed by atoms with Crippen LogP contribution in [0, 0.1) is 12.3 Å². The topological polar surface area (TPSA) is 343 Å². The van der Waals surface area contributed by atoms with E-state index in [4.69, 9.17) is 71.0 Å². The summed E-state index contributed by atoms with van der Waals surface area (Å²) in [6.45, 7) is 18.6. The van der Waals surface area contributed by atoms with E-state index < -0.39 is 0 Å². The van der Waals surface area contributed by atoms with Gasteiger partial charge in [0, 0.05) is 238 Å². The van der Waals surface area contributed by atoms with E-state index in [1.165, 1.54) is 22.3 Å². The molecule has 0 unspecified atom stereocenters. The minimum absolute atomic E-state index is 0. The number of phenolic OH excluding ortho intramolecular Hbond substituents is 1. The van der Waals surface area contributed by atoms with Crippen molar-refractivity contribution in [2.75, 3.05) is 147 Å². The number of aromatic hydroxyl groups is 1. The fourth-order valence-corrected chi connectivity index (χ4v) is 17.4. The Morgan fingerprint density at radius 2 is 0.662 bits per heavy atom. The molecule has 17 aromatic rings. The molecule has 0 amide bonds. The van der Waals surface area contributed by atoms with E-state index in [2.05, 4.69) is 239 Å². The van der Waals surface area contributed by atoms with Crippen LogP contribution in [0.2, 0.25) is 5.28 Å². The number of fused-ring (bicyclic) bond motifs is 5. The number of hydrogen-bond donors (Lipinski definition) is 6. The number of ether oxygens (including phenoxy) is 8. The standard InChI is InChI=1S/C27H25N5O2.C25H24BrN5O2.C20H21BrN4O2.C19H19BrN4O2.C9H6BrClN2O.C6H7NO.CH4S.Na/c1-2-22-14-23-17-29-27(31-25(23)15-26(22)34-19-21-6-4-8-28-16-21)30-24-7-3-5-20(13-24)18-32-9-11-33-12-10-32;26-22-12-20-15-28-25(30-23(20)13-24(22)33-17-19-4-2-6-27-14-19)29-21-5-1-3-18(11-21)16-31-7-9-32-10-8-31;1-26-19-11-18-15(10-17(19)21)12-22-20(24-18)23-16-4-2-3-14(9-16)13-25-5-7-27-8-6-25;20-16-9-14-11-21-19(23-17(14)10-18(16)25)22-15-3-1-2-13(8-15)12-24-4-6-26-7-5-24;1-14-8-3-7-5(2-6(8)10)4-12-9(11)13-7;8-5-6-2-1-3-7-4-6;1-2;/h1,3-8,13-17H,9-12,18-19H2,(H,29,30,31);1-6,11-15H,7-10,16-17H2,(H,28,29,30);2-4,9-12H,5-8,13H2,1H3,(H,22,23,24);1-3,8-11,25H,4-7,12H2,(H,21,22,23);2-4H,1H3;1-4,8H,5H2;2H,1H3;/q;;;;;;;+1/p-1. The molecule has 31 nitrogen and oxygen atoms in total. The van der Waals surface area contributed by atoms with Gasteiger partial charge in [0.1, 0.15) is 42.0 Å². The second-order valence-electron chi connectivity index (χ2n) is 32.9. The Morgan fingerprint density at radius 3 is 0.993 bits per heavy atom. The molecule has 4 fully saturated rings. The van der Waals surface area contributed by atoms with Gasteiger partial charge in [0.25, 0.3) is 0 Å². The van der Waals surface area contributed by atoms with Crippen LogP contribution in [0.4, 0.5) is 46.5 Å². The molecule has 9 aromatic carbocycles. The molecule has 0 saturated carbocycles. The van der Waals surface area contributed by atoms with E-state index in [-0.39, 0.29) is 47.2 Å². The number of pyridine rings is 3. The molecule has 8 aromatic heterocycles. The first-order valence-corrected chi connectivity index (χ1v) is 50.5. The molecule has 4 aliphatic heterocycles. The van der Waals surface area contributed by atoms with Crippen LogP contribution >= 0.6 is 75.3 Å². The number of hydrogen-bond acceptors (Lipinski definition) is 32. The number of aliphatic hydroxyl groups excluding tert-OH is 1. The molecule has 12 heterocycles. The monoisotopic (exact) mass is 2250 g/mol. The van der Waals surface area contributed by atoms with Gasteiger partial charge in [-0.05, 0) is 200 Å². The number of anilines is 8. The zero-order valence-electron chi connectivity index (χ0n) is 80.2. The second-order valence-corrected chi connectivity index (χ2v) is 36.7. The first-order valence-electron chi connectivity index (χ1n) is 46.1. The van der Waals surface area contributed by atoms with Gasteiger partial charge < -0.3 is 82.0 Å². The minimum atomic E-state index is 0. The maximum Gasteiger partial charge on any atom is 1.00 e. The molecule has 38 heteroatoms. The fourth-order valence-electron chi connectivity index (χ4n) is 15.4. The minimum Gasteiger partial charge on any atom is -0.796 e. The first kappa shape index (κ1) is 109. The summed E-state index contributed by atoms with van der Waals surface area (Å²) < 4.78 is 47.4. The SMILES string of the molecule is Brc1cc2cnc(Nc3cccc(CN4CCOCC4)c3)nc2cc1OCc1cccnc1.C#Cc1cc2cnc(Nc3cccc(CN4CCOCC4)c3)nc2cc1OCc1cccnc1.COc1cc2nc(Cl)ncc2cc1Br.COc1cc2nc(Nc3cccc(CN4CCOCC4)c3)ncc2cc1Br.C[S-].OCc1cccnc1.Oc1cc2nc(Nc3cccc(CN4CCOCC4)c3)ncc2cc1Br.[Na+]. The van der Waals surface area contributed by atoms with Gasteiger partial charge in [-0.15, -0.1) is 6.42 Å². The van der Waals surface area contributed by atoms with Gasteiger partial charge >= 0.3 is 29.6 Å². The molecule has 0 spiro atoms. The Hall–Kier alpha value is -11.9. The molecule has 4 saturated heterocycles. The van der Waals surface area contributed by atoms with Crippen molar-refractivity contribution in [3.05, 3.63) is 330 Å². The largest absolute Gasteiger partial charge is 1.00 e.